The van der Waals surface area contributed by atoms with Gasteiger partial charge in [-0.2, -0.15) is 0 Å². The molecule has 2 N–H and O–H groups in total. The van der Waals surface area contributed by atoms with Gasteiger partial charge in [-0.3, -0.25) is 0 Å². The second-order valence-electron chi connectivity index (χ2n) is 4.18. The second-order valence-corrected chi connectivity index (χ2v) is 4.18. The van der Waals surface area contributed by atoms with E-state index in [0.29, 0.717) is 17.7 Å². The molecule has 0 aliphatic carbocycles. The number of rotatable bonds is 3. The largest absolute Gasteiger partial charge is 0.322 e. The Morgan fingerprint density at radius 1 is 1.22 bits per heavy atom. The Hall–Kier alpha value is -1.88. The number of benzene rings is 1. The average Bonchev–Trinajstić information content (AvgIpc) is 2.27. The maximum absolute atomic E-state index is 13.1. The van der Waals surface area contributed by atoms with Gasteiger partial charge in [-0.1, -0.05) is 0 Å². The molecule has 1 aromatic carbocycles. The molecule has 0 saturated heterocycles. The minimum Gasteiger partial charge on any atom is -0.322 e. The number of aromatic nitrogens is 2. The SMILES string of the molecule is Cc1cncnc1[C@@H](N)Cc1cc(F)cc(F)c1. The van der Waals surface area contributed by atoms with Crippen LogP contribution in [0.15, 0.2) is 30.7 Å². The van der Waals surface area contributed by atoms with Crippen LogP contribution in [0.5, 0.6) is 0 Å². The summed E-state index contributed by atoms with van der Waals surface area (Å²) in [6.45, 7) is 1.85. The molecule has 2 rings (SSSR count). The Kier molecular flexibility index (Phi) is 3.62. The predicted molar refractivity (Wildman–Crippen MR) is 63.8 cm³/mol. The molecule has 1 heterocycles. The lowest BCUT2D eigenvalue weighted by Crippen LogP contribution is -2.16. The summed E-state index contributed by atoms with van der Waals surface area (Å²) < 4.78 is 26.1. The van der Waals surface area contributed by atoms with E-state index in [1.165, 1.54) is 18.5 Å². The van der Waals surface area contributed by atoms with Crippen molar-refractivity contribution in [2.24, 2.45) is 5.73 Å². The van der Waals surface area contributed by atoms with Crippen LogP contribution in [0, 0.1) is 18.6 Å². The van der Waals surface area contributed by atoms with Crippen molar-refractivity contribution in [1.82, 2.24) is 9.97 Å². The molecule has 0 aliphatic rings. The third-order valence-corrected chi connectivity index (χ3v) is 2.66. The molecule has 0 spiro atoms. The van der Waals surface area contributed by atoms with Crippen molar-refractivity contribution in [2.75, 3.05) is 0 Å². The van der Waals surface area contributed by atoms with Gasteiger partial charge in [0.05, 0.1) is 11.7 Å². The first-order valence-electron chi connectivity index (χ1n) is 5.53. The van der Waals surface area contributed by atoms with Gasteiger partial charge in [0.15, 0.2) is 0 Å². The van der Waals surface area contributed by atoms with E-state index in [2.05, 4.69) is 9.97 Å². The van der Waals surface area contributed by atoms with E-state index in [1.807, 2.05) is 6.92 Å². The van der Waals surface area contributed by atoms with E-state index in [0.717, 1.165) is 11.6 Å². The Bertz CT molecular complexity index is 537. The lowest BCUT2D eigenvalue weighted by Gasteiger charge is -2.13. The van der Waals surface area contributed by atoms with Crippen molar-refractivity contribution < 1.29 is 8.78 Å². The maximum Gasteiger partial charge on any atom is 0.126 e. The summed E-state index contributed by atoms with van der Waals surface area (Å²) in [5.74, 6) is -1.20. The van der Waals surface area contributed by atoms with Gasteiger partial charge in [-0.15, -0.1) is 0 Å². The fourth-order valence-electron chi connectivity index (χ4n) is 1.88. The standard InChI is InChI=1S/C13H13F2N3/c1-8-6-17-7-18-13(8)12(16)4-9-2-10(14)5-11(15)3-9/h2-3,5-7,12H,4,16H2,1H3/t12-/m0/s1. The number of hydrogen-bond donors (Lipinski definition) is 1. The summed E-state index contributed by atoms with van der Waals surface area (Å²) in [6.07, 6.45) is 3.40. The minimum absolute atomic E-state index is 0.326. The Morgan fingerprint density at radius 3 is 2.50 bits per heavy atom. The molecule has 0 radical (unpaired) electrons. The fourth-order valence-corrected chi connectivity index (χ4v) is 1.88. The molecule has 0 saturated carbocycles. The van der Waals surface area contributed by atoms with Gasteiger partial charge < -0.3 is 5.73 Å². The van der Waals surface area contributed by atoms with E-state index in [-0.39, 0.29) is 0 Å². The molecule has 94 valence electrons. The number of nitrogens with zero attached hydrogens (tertiary/aromatic N) is 2. The monoisotopic (exact) mass is 249 g/mol. The van der Waals surface area contributed by atoms with Gasteiger partial charge >= 0.3 is 0 Å². The van der Waals surface area contributed by atoms with Crippen LogP contribution in [-0.2, 0) is 6.42 Å². The van der Waals surface area contributed by atoms with Crippen LogP contribution < -0.4 is 5.73 Å². The zero-order valence-electron chi connectivity index (χ0n) is 9.90. The zero-order valence-corrected chi connectivity index (χ0v) is 9.90. The summed E-state index contributed by atoms with van der Waals surface area (Å²) in [5, 5.41) is 0. The number of halogens is 2. The van der Waals surface area contributed by atoms with Gasteiger partial charge in [0.2, 0.25) is 0 Å². The average molecular weight is 249 g/mol. The lowest BCUT2D eigenvalue weighted by atomic mass is 10.0. The zero-order chi connectivity index (χ0) is 13.1. The molecule has 1 atom stereocenters. The summed E-state index contributed by atoms with van der Waals surface area (Å²) in [6, 6.07) is 2.98. The summed E-state index contributed by atoms with van der Waals surface area (Å²) in [4.78, 5) is 7.97. The first-order valence-corrected chi connectivity index (χ1v) is 5.53. The second kappa shape index (κ2) is 5.18. The Morgan fingerprint density at radius 2 is 1.89 bits per heavy atom. The van der Waals surface area contributed by atoms with Crippen LogP contribution >= 0.6 is 0 Å². The highest BCUT2D eigenvalue weighted by atomic mass is 19.1. The first kappa shape index (κ1) is 12.6. The van der Waals surface area contributed by atoms with Crippen molar-refractivity contribution >= 4 is 0 Å². The molecule has 18 heavy (non-hydrogen) atoms. The van der Waals surface area contributed by atoms with Crippen molar-refractivity contribution in [2.45, 2.75) is 19.4 Å². The van der Waals surface area contributed by atoms with E-state index in [9.17, 15) is 8.78 Å². The van der Waals surface area contributed by atoms with Crippen molar-refractivity contribution in [3.8, 4) is 0 Å². The van der Waals surface area contributed by atoms with E-state index >= 15 is 0 Å². The molecule has 0 amide bonds. The third kappa shape index (κ3) is 2.87. The maximum atomic E-state index is 13.1. The molecule has 3 nitrogen and oxygen atoms in total. The molecule has 0 fully saturated rings. The van der Waals surface area contributed by atoms with Crippen LogP contribution in [0.2, 0.25) is 0 Å². The Balaban J connectivity index is 2.21. The highest BCUT2D eigenvalue weighted by molar-refractivity contribution is 5.23. The normalized spacial score (nSPS) is 12.4. The predicted octanol–water partition coefficient (Wildman–Crippen LogP) is 2.31. The van der Waals surface area contributed by atoms with E-state index in [4.69, 9.17) is 5.73 Å². The summed E-state index contributed by atoms with van der Waals surface area (Å²) >= 11 is 0. The topological polar surface area (TPSA) is 51.8 Å². The van der Waals surface area contributed by atoms with Gasteiger partial charge in [0.25, 0.3) is 0 Å². The quantitative estimate of drug-likeness (QED) is 0.908. The first-order chi connectivity index (χ1) is 8.56. The minimum atomic E-state index is -0.600. The number of aryl methyl sites for hydroxylation is 1. The molecule has 0 aliphatic heterocycles. The molecule has 0 bridgehead atoms. The molecule has 0 unspecified atom stereocenters. The highest BCUT2D eigenvalue weighted by Crippen LogP contribution is 2.18. The van der Waals surface area contributed by atoms with Crippen molar-refractivity contribution in [3.63, 3.8) is 0 Å². The van der Waals surface area contributed by atoms with Crippen LogP contribution in [0.1, 0.15) is 22.9 Å². The number of hydrogen-bond acceptors (Lipinski definition) is 3. The summed E-state index contributed by atoms with van der Waals surface area (Å²) in [7, 11) is 0. The van der Waals surface area contributed by atoms with Gasteiger partial charge in [-0.05, 0) is 36.6 Å². The molecular formula is C13H13F2N3. The third-order valence-electron chi connectivity index (χ3n) is 2.66. The van der Waals surface area contributed by atoms with E-state index in [1.54, 1.807) is 6.20 Å². The van der Waals surface area contributed by atoms with Crippen molar-refractivity contribution in [3.05, 3.63) is 59.2 Å². The molecular weight excluding hydrogens is 236 g/mol. The van der Waals surface area contributed by atoms with Crippen molar-refractivity contribution in [1.29, 1.82) is 0 Å². The van der Waals surface area contributed by atoms with Gasteiger partial charge in [0.1, 0.15) is 18.0 Å². The van der Waals surface area contributed by atoms with Gasteiger partial charge in [-0.25, -0.2) is 18.7 Å². The van der Waals surface area contributed by atoms with Crippen LogP contribution in [0.4, 0.5) is 8.78 Å². The highest BCUT2D eigenvalue weighted by Gasteiger charge is 2.12. The molecule has 5 heteroatoms. The van der Waals surface area contributed by atoms with Gasteiger partial charge in [0, 0.05) is 12.3 Å². The van der Waals surface area contributed by atoms with Crippen LogP contribution in [0.3, 0.4) is 0 Å². The van der Waals surface area contributed by atoms with Crippen LogP contribution in [-0.4, -0.2) is 9.97 Å². The smallest absolute Gasteiger partial charge is 0.126 e. The number of nitrogens with two attached hydrogens (primary N) is 1. The molecule has 2 aromatic rings. The molecule has 1 aromatic heterocycles. The lowest BCUT2D eigenvalue weighted by molar-refractivity contribution is 0.575. The van der Waals surface area contributed by atoms with Crippen LogP contribution in [0.25, 0.3) is 0 Å². The summed E-state index contributed by atoms with van der Waals surface area (Å²) in [5.41, 5.74) is 8.06. The Labute approximate surface area is 104 Å². The van der Waals surface area contributed by atoms with E-state index < -0.39 is 17.7 Å². The fraction of sp³-hybridized carbons (Fsp3) is 0.231.